The lowest BCUT2D eigenvalue weighted by atomic mass is 9.99. The van der Waals surface area contributed by atoms with Crippen molar-refractivity contribution in [3.05, 3.63) is 115 Å². The van der Waals surface area contributed by atoms with Gasteiger partial charge in [0.25, 0.3) is 0 Å². The Morgan fingerprint density at radius 3 is 2.29 bits per heavy atom. The Balaban J connectivity index is 1.75. The van der Waals surface area contributed by atoms with Gasteiger partial charge in [-0.1, -0.05) is 103 Å². The minimum atomic E-state index is 0.555. The standard InChI is InChI=1S/C27H29N/c1-3-4-5-6-10-21-28(22-24-11-8-7-9-12-24)27-19-17-26(18-20-27)25-15-13-23(2)14-16-25/h3-11,13-20,24H,1,12,21-22H2,2H3/b5-4-,10-6-. The minimum Gasteiger partial charge on any atom is -0.367 e. The second-order valence-corrected chi connectivity index (χ2v) is 7.18. The number of rotatable bonds is 8. The van der Waals surface area contributed by atoms with Crippen molar-refractivity contribution in [2.24, 2.45) is 5.92 Å². The van der Waals surface area contributed by atoms with Crippen LogP contribution in [0, 0.1) is 12.8 Å². The lowest BCUT2D eigenvalue weighted by Crippen LogP contribution is -2.29. The van der Waals surface area contributed by atoms with Crippen LogP contribution in [-0.4, -0.2) is 13.1 Å². The van der Waals surface area contributed by atoms with Crippen LogP contribution in [0.2, 0.25) is 0 Å². The van der Waals surface area contributed by atoms with E-state index in [0.717, 1.165) is 19.5 Å². The normalized spacial score (nSPS) is 16.1. The quantitative estimate of drug-likeness (QED) is 0.459. The Bertz CT molecular complexity index is 863. The predicted molar refractivity (Wildman–Crippen MR) is 124 cm³/mol. The van der Waals surface area contributed by atoms with Gasteiger partial charge in [0.05, 0.1) is 0 Å². The maximum absolute atomic E-state index is 3.71. The zero-order valence-electron chi connectivity index (χ0n) is 16.7. The van der Waals surface area contributed by atoms with Crippen LogP contribution >= 0.6 is 0 Å². The van der Waals surface area contributed by atoms with Crippen LogP contribution < -0.4 is 4.90 Å². The number of allylic oxidation sites excluding steroid dienone is 7. The first kappa shape index (κ1) is 19.7. The first-order chi connectivity index (χ1) is 13.8. The zero-order chi connectivity index (χ0) is 19.6. The topological polar surface area (TPSA) is 3.24 Å². The molecular weight excluding hydrogens is 338 g/mol. The first-order valence-electron chi connectivity index (χ1n) is 9.96. The highest BCUT2D eigenvalue weighted by atomic mass is 15.1. The Kier molecular flexibility index (Phi) is 7.26. The van der Waals surface area contributed by atoms with E-state index < -0.39 is 0 Å². The number of benzene rings is 2. The molecule has 0 aliphatic heterocycles. The Labute approximate surface area is 169 Å². The molecule has 1 atom stereocenters. The molecule has 28 heavy (non-hydrogen) atoms. The van der Waals surface area contributed by atoms with Crippen molar-refractivity contribution in [1.82, 2.24) is 0 Å². The van der Waals surface area contributed by atoms with Crippen molar-refractivity contribution in [2.75, 3.05) is 18.0 Å². The van der Waals surface area contributed by atoms with Crippen molar-refractivity contribution in [2.45, 2.75) is 13.3 Å². The third kappa shape index (κ3) is 5.72. The van der Waals surface area contributed by atoms with Gasteiger partial charge in [0.1, 0.15) is 0 Å². The molecule has 0 radical (unpaired) electrons. The molecule has 2 aromatic carbocycles. The maximum Gasteiger partial charge on any atom is 0.0369 e. The molecule has 3 rings (SSSR count). The third-order valence-corrected chi connectivity index (χ3v) is 4.96. The molecule has 1 aliphatic carbocycles. The molecule has 142 valence electrons. The lowest BCUT2D eigenvalue weighted by Gasteiger charge is -2.28. The Morgan fingerprint density at radius 2 is 1.64 bits per heavy atom. The molecule has 0 amide bonds. The molecule has 1 unspecified atom stereocenters. The van der Waals surface area contributed by atoms with Gasteiger partial charge in [0.15, 0.2) is 0 Å². The maximum atomic E-state index is 3.71. The van der Waals surface area contributed by atoms with Gasteiger partial charge in [-0.05, 0) is 42.5 Å². The van der Waals surface area contributed by atoms with Crippen LogP contribution in [0.25, 0.3) is 11.1 Å². The van der Waals surface area contributed by atoms with E-state index in [-0.39, 0.29) is 0 Å². The van der Waals surface area contributed by atoms with Gasteiger partial charge < -0.3 is 4.90 Å². The molecule has 1 aliphatic rings. The molecule has 2 aromatic rings. The van der Waals surface area contributed by atoms with E-state index in [9.17, 15) is 0 Å². The van der Waals surface area contributed by atoms with Crippen molar-refractivity contribution in [3.8, 4) is 11.1 Å². The first-order valence-corrected chi connectivity index (χ1v) is 9.96. The fourth-order valence-electron chi connectivity index (χ4n) is 3.36. The van der Waals surface area contributed by atoms with Crippen molar-refractivity contribution in [1.29, 1.82) is 0 Å². The summed E-state index contributed by atoms with van der Waals surface area (Å²) in [7, 11) is 0. The largest absolute Gasteiger partial charge is 0.367 e. The molecule has 0 spiro atoms. The number of anilines is 1. The molecule has 1 heteroatoms. The van der Waals surface area contributed by atoms with Crippen LogP contribution in [0.4, 0.5) is 5.69 Å². The fraction of sp³-hybridized carbons (Fsp3) is 0.185. The van der Waals surface area contributed by atoms with Crippen molar-refractivity contribution in [3.63, 3.8) is 0 Å². The Hall–Kier alpha value is -3.06. The summed E-state index contributed by atoms with van der Waals surface area (Å²) in [5, 5.41) is 0. The van der Waals surface area contributed by atoms with Gasteiger partial charge in [0, 0.05) is 18.8 Å². The van der Waals surface area contributed by atoms with Gasteiger partial charge in [-0.2, -0.15) is 0 Å². The Morgan fingerprint density at radius 1 is 0.929 bits per heavy atom. The summed E-state index contributed by atoms with van der Waals surface area (Å²) in [6, 6.07) is 17.7. The summed E-state index contributed by atoms with van der Waals surface area (Å²) in [4.78, 5) is 2.45. The highest BCUT2D eigenvalue weighted by molar-refractivity contribution is 5.66. The predicted octanol–water partition coefficient (Wildman–Crippen LogP) is 6.90. The van der Waals surface area contributed by atoms with Crippen molar-refractivity contribution >= 4 is 5.69 Å². The van der Waals surface area contributed by atoms with Gasteiger partial charge in [0.2, 0.25) is 0 Å². The third-order valence-electron chi connectivity index (χ3n) is 4.96. The molecule has 0 bridgehead atoms. The number of aryl methyl sites for hydroxylation is 1. The van der Waals surface area contributed by atoms with E-state index in [1.54, 1.807) is 6.08 Å². The zero-order valence-corrected chi connectivity index (χ0v) is 16.7. The number of nitrogens with zero attached hydrogens (tertiary/aromatic N) is 1. The van der Waals surface area contributed by atoms with E-state index in [0.29, 0.717) is 5.92 Å². The molecule has 0 saturated carbocycles. The number of hydrogen-bond donors (Lipinski definition) is 0. The minimum absolute atomic E-state index is 0.555. The highest BCUT2D eigenvalue weighted by Gasteiger charge is 2.12. The summed E-state index contributed by atoms with van der Waals surface area (Å²) < 4.78 is 0. The molecule has 0 saturated heterocycles. The van der Waals surface area contributed by atoms with Crippen LogP contribution in [-0.2, 0) is 0 Å². The lowest BCUT2D eigenvalue weighted by molar-refractivity contribution is 0.632. The smallest absolute Gasteiger partial charge is 0.0369 e. The fourth-order valence-corrected chi connectivity index (χ4v) is 3.36. The van der Waals surface area contributed by atoms with E-state index in [4.69, 9.17) is 0 Å². The van der Waals surface area contributed by atoms with Gasteiger partial charge in [-0.3, -0.25) is 0 Å². The van der Waals surface area contributed by atoms with Crippen LogP contribution in [0.15, 0.2) is 110 Å². The molecule has 0 aromatic heterocycles. The van der Waals surface area contributed by atoms with E-state index in [1.807, 2.05) is 12.2 Å². The summed E-state index contributed by atoms with van der Waals surface area (Å²) in [5.74, 6) is 0.555. The molecule has 0 N–H and O–H groups in total. The monoisotopic (exact) mass is 367 g/mol. The molecule has 0 heterocycles. The summed E-state index contributed by atoms with van der Waals surface area (Å²) in [6.07, 6.45) is 20.0. The second-order valence-electron chi connectivity index (χ2n) is 7.18. The van der Waals surface area contributed by atoms with Gasteiger partial charge in [-0.25, -0.2) is 0 Å². The van der Waals surface area contributed by atoms with Crippen LogP contribution in [0.3, 0.4) is 0 Å². The molecule has 0 fully saturated rings. The van der Waals surface area contributed by atoms with Crippen LogP contribution in [0.5, 0.6) is 0 Å². The summed E-state index contributed by atoms with van der Waals surface area (Å²) >= 11 is 0. The second kappa shape index (κ2) is 10.3. The van der Waals surface area contributed by atoms with E-state index in [1.165, 1.54) is 22.4 Å². The van der Waals surface area contributed by atoms with E-state index in [2.05, 4.69) is 103 Å². The molecule has 1 nitrogen and oxygen atoms in total. The average molecular weight is 368 g/mol. The van der Waals surface area contributed by atoms with Gasteiger partial charge >= 0.3 is 0 Å². The molecular formula is C27H29N. The summed E-state index contributed by atoms with van der Waals surface area (Å²) in [6.45, 7) is 7.74. The average Bonchev–Trinajstić information content (AvgIpc) is 2.74. The SMILES string of the molecule is C=C/C=C\C=C/CN(CC1C=CC=CC1)c1ccc(-c2ccc(C)cc2)cc1. The van der Waals surface area contributed by atoms with E-state index >= 15 is 0 Å². The van der Waals surface area contributed by atoms with Crippen molar-refractivity contribution < 1.29 is 0 Å². The number of hydrogen-bond acceptors (Lipinski definition) is 1. The summed E-state index contributed by atoms with van der Waals surface area (Å²) in [5.41, 5.74) is 5.07. The van der Waals surface area contributed by atoms with Crippen LogP contribution in [0.1, 0.15) is 12.0 Å². The van der Waals surface area contributed by atoms with Gasteiger partial charge in [-0.15, -0.1) is 0 Å². The highest BCUT2D eigenvalue weighted by Crippen LogP contribution is 2.25.